The molecule has 2 unspecified atom stereocenters. The minimum absolute atomic E-state index is 0. The van der Waals surface area contributed by atoms with Crippen LogP contribution in [0, 0.1) is 6.92 Å². The van der Waals surface area contributed by atoms with Crippen molar-refractivity contribution in [2.75, 3.05) is 6.54 Å². The molecule has 0 amide bonds. The van der Waals surface area contributed by atoms with Crippen LogP contribution in [0.25, 0.3) is 0 Å². The van der Waals surface area contributed by atoms with Crippen molar-refractivity contribution in [3.05, 3.63) is 35.4 Å². The van der Waals surface area contributed by atoms with E-state index in [4.69, 9.17) is 0 Å². The Morgan fingerprint density at radius 3 is 2.87 bits per heavy atom. The van der Waals surface area contributed by atoms with Gasteiger partial charge >= 0.3 is 0 Å². The van der Waals surface area contributed by atoms with E-state index in [1.54, 1.807) is 0 Å². The summed E-state index contributed by atoms with van der Waals surface area (Å²) < 4.78 is 13.2. The molecule has 1 heterocycles. The highest BCUT2D eigenvalue weighted by Crippen LogP contribution is 2.25. The van der Waals surface area contributed by atoms with Gasteiger partial charge in [0, 0.05) is 6.04 Å². The zero-order chi connectivity index (χ0) is 9.97. The standard InChI is InChI=1S/C12H16FN.ClH/c1-9-3-2-4-10(7-9)12-8-11(13)5-6-14-12;/h2-4,7,11-12,14H,5-6,8H2,1H3;1H. The van der Waals surface area contributed by atoms with Crippen molar-refractivity contribution in [3.8, 4) is 0 Å². The van der Waals surface area contributed by atoms with Gasteiger partial charge in [-0.3, -0.25) is 0 Å². The summed E-state index contributed by atoms with van der Waals surface area (Å²) in [5.41, 5.74) is 2.46. The monoisotopic (exact) mass is 229 g/mol. The van der Waals surface area contributed by atoms with Crippen molar-refractivity contribution in [2.24, 2.45) is 0 Å². The van der Waals surface area contributed by atoms with Crippen molar-refractivity contribution in [2.45, 2.75) is 32.0 Å². The first-order chi connectivity index (χ1) is 6.75. The summed E-state index contributed by atoms with van der Waals surface area (Å²) in [6, 6.07) is 8.52. The summed E-state index contributed by atoms with van der Waals surface area (Å²) in [6.07, 6.45) is 0.632. The first-order valence-electron chi connectivity index (χ1n) is 5.20. The van der Waals surface area contributed by atoms with E-state index in [9.17, 15) is 4.39 Å². The minimum Gasteiger partial charge on any atom is -0.310 e. The number of alkyl halides is 1. The molecular formula is C12H17ClFN. The second-order valence-corrected chi connectivity index (χ2v) is 4.04. The van der Waals surface area contributed by atoms with Gasteiger partial charge in [-0.1, -0.05) is 29.8 Å². The molecule has 1 saturated heterocycles. The summed E-state index contributed by atoms with van der Waals surface area (Å²) in [5.74, 6) is 0. The van der Waals surface area contributed by atoms with Crippen LogP contribution in [0.2, 0.25) is 0 Å². The average Bonchev–Trinajstić information content (AvgIpc) is 2.18. The molecule has 1 aromatic carbocycles. The highest BCUT2D eigenvalue weighted by atomic mass is 35.5. The quantitative estimate of drug-likeness (QED) is 0.780. The Hall–Kier alpha value is -0.600. The molecule has 1 fully saturated rings. The molecule has 0 aliphatic carbocycles. The SMILES string of the molecule is Cc1cccc(C2CC(F)CCN2)c1.Cl. The van der Waals surface area contributed by atoms with Gasteiger partial charge in [-0.15, -0.1) is 12.4 Å². The lowest BCUT2D eigenvalue weighted by Crippen LogP contribution is -2.32. The molecule has 1 N–H and O–H groups in total. The van der Waals surface area contributed by atoms with Crippen LogP contribution in [0.3, 0.4) is 0 Å². The summed E-state index contributed by atoms with van der Waals surface area (Å²) >= 11 is 0. The Balaban J connectivity index is 0.00000112. The fourth-order valence-corrected chi connectivity index (χ4v) is 2.01. The third-order valence-corrected chi connectivity index (χ3v) is 2.78. The molecule has 0 radical (unpaired) electrons. The summed E-state index contributed by atoms with van der Waals surface area (Å²) in [7, 11) is 0. The number of benzene rings is 1. The molecule has 1 aromatic rings. The van der Waals surface area contributed by atoms with Gasteiger partial charge < -0.3 is 5.32 Å². The smallest absolute Gasteiger partial charge is 0.103 e. The molecule has 84 valence electrons. The molecule has 3 heteroatoms. The maximum atomic E-state index is 13.2. The molecule has 2 rings (SSSR count). The van der Waals surface area contributed by atoms with Crippen LogP contribution in [-0.2, 0) is 0 Å². The van der Waals surface area contributed by atoms with E-state index in [0.717, 1.165) is 6.54 Å². The first kappa shape index (κ1) is 12.5. The van der Waals surface area contributed by atoms with Crippen LogP contribution in [0.4, 0.5) is 4.39 Å². The number of hydrogen-bond donors (Lipinski definition) is 1. The first-order valence-corrected chi connectivity index (χ1v) is 5.20. The number of halogens is 2. The lowest BCUT2D eigenvalue weighted by molar-refractivity contribution is 0.224. The van der Waals surface area contributed by atoms with Crippen LogP contribution in [0.5, 0.6) is 0 Å². The maximum Gasteiger partial charge on any atom is 0.103 e. The van der Waals surface area contributed by atoms with Crippen molar-refractivity contribution in [1.82, 2.24) is 5.32 Å². The molecule has 2 atom stereocenters. The van der Waals surface area contributed by atoms with E-state index in [2.05, 4.69) is 30.4 Å². The molecule has 0 bridgehead atoms. The Morgan fingerprint density at radius 1 is 1.40 bits per heavy atom. The zero-order valence-electron chi connectivity index (χ0n) is 8.87. The Morgan fingerprint density at radius 2 is 2.20 bits per heavy atom. The van der Waals surface area contributed by atoms with Crippen LogP contribution in [0.1, 0.15) is 30.0 Å². The number of aryl methyl sites for hydroxylation is 1. The Labute approximate surface area is 96.5 Å². The van der Waals surface area contributed by atoms with Gasteiger partial charge in [-0.2, -0.15) is 0 Å². The van der Waals surface area contributed by atoms with Crippen LogP contribution >= 0.6 is 12.4 Å². The normalized spacial score (nSPS) is 25.7. The van der Waals surface area contributed by atoms with Gasteiger partial charge in [0.2, 0.25) is 0 Å². The van der Waals surface area contributed by atoms with E-state index < -0.39 is 6.17 Å². The molecule has 1 aliphatic rings. The second kappa shape index (κ2) is 5.47. The van der Waals surface area contributed by atoms with Gasteiger partial charge in [0.1, 0.15) is 6.17 Å². The summed E-state index contributed by atoms with van der Waals surface area (Å²) in [5, 5.41) is 3.35. The number of nitrogens with one attached hydrogen (secondary N) is 1. The fraction of sp³-hybridized carbons (Fsp3) is 0.500. The number of rotatable bonds is 1. The Bertz CT molecular complexity index is 316. The Kier molecular flexibility index (Phi) is 4.55. The summed E-state index contributed by atoms with van der Waals surface area (Å²) in [4.78, 5) is 0. The van der Waals surface area contributed by atoms with Crippen molar-refractivity contribution in [3.63, 3.8) is 0 Å². The van der Waals surface area contributed by atoms with Gasteiger partial charge in [-0.05, 0) is 31.9 Å². The van der Waals surface area contributed by atoms with Crippen LogP contribution in [0.15, 0.2) is 24.3 Å². The van der Waals surface area contributed by atoms with E-state index in [1.165, 1.54) is 11.1 Å². The van der Waals surface area contributed by atoms with Gasteiger partial charge in [0.05, 0.1) is 0 Å². The molecular weight excluding hydrogens is 213 g/mol. The van der Waals surface area contributed by atoms with E-state index >= 15 is 0 Å². The van der Waals surface area contributed by atoms with Gasteiger partial charge in [0.15, 0.2) is 0 Å². The number of piperidine rings is 1. The van der Waals surface area contributed by atoms with Crippen molar-refractivity contribution < 1.29 is 4.39 Å². The fourth-order valence-electron chi connectivity index (χ4n) is 2.01. The molecule has 0 aromatic heterocycles. The predicted molar refractivity (Wildman–Crippen MR) is 63.3 cm³/mol. The lowest BCUT2D eigenvalue weighted by atomic mass is 9.95. The summed E-state index contributed by atoms with van der Waals surface area (Å²) in [6.45, 7) is 2.86. The highest BCUT2D eigenvalue weighted by Gasteiger charge is 2.21. The molecule has 1 nitrogen and oxygen atoms in total. The van der Waals surface area contributed by atoms with E-state index in [1.807, 2.05) is 6.07 Å². The van der Waals surface area contributed by atoms with E-state index in [0.29, 0.717) is 12.8 Å². The van der Waals surface area contributed by atoms with E-state index in [-0.39, 0.29) is 18.4 Å². The van der Waals surface area contributed by atoms with Crippen molar-refractivity contribution in [1.29, 1.82) is 0 Å². The molecule has 0 spiro atoms. The molecule has 0 saturated carbocycles. The molecule has 15 heavy (non-hydrogen) atoms. The molecule has 1 aliphatic heterocycles. The largest absolute Gasteiger partial charge is 0.310 e. The maximum absolute atomic E-state index is 13.2. The predicted octanol–water partition coefficient (Wildman–Crippen LogP) is 3.18. The van der Waals surface area contributed by atoms with Crippen LogP contribution < -0.4 is 5.32 Å². The third-order valence-electron chi connectivity index (χ3n) is 2.78. The second-order valence-electron chi connectivity index (χ2n) is 4.04. The van der Waals surface area contributed by atoms with Gasteiger partial charge in [-0.25, -0.2) is 4.39 Å². The number of hydrogen-bond acceptors (Lipinski definition) is 1. The lowest BCUT2D eigenvalue weighted by Gasteiger charge is -2.26. The highest BCUT2D eigenvalue weighted by molar-refractivity contribution is 5.85. The zero-order valence-corrected chi connectivity index (χ0v) is 9.69. The minimum atomic E-state index is -0.637. The topological polar surface area (TPSA) is 12.0 Å². The third kappa shape index (κ3) is 3.18. The van der Waals surface area contributed by atoms with Gasteiger partial charge in [0.25, 0.3) is 0 Å². The van der Waals surface area contributed by atoms with Crippen molar-refractivity contribution >= 4 is 12.4 Å². The average molecular weight is 230 g/mol. The van der Waals surface area contributed by atoms with Crippen LogP contribution in [-0.4, -0.2) is 12.7 Å².